The molecule has 1 fully saturated rings. The van der Waals surface area contributed by atoms with Crippen molar-refractivity contribution in [3.63, 3.8) is 0 Å². The summed E-state index contributed by atoms with van der Waals surface area (Å²) in [5, 5.41) is 2.83. The van der Waals surface area contributed by atoms with E-state index in [9.17, 15) is 8.78 Å². The molecule has 88 valence electrons. The number of hydrogen-bond donors (Lipinski definition) is 1. The number of rotatable bonds is 4. The summed E-state index contributed by atoms with van der Waals surface area (Å²) in [7, 11) is 0. The Morgan fingerprint density at radius 1 is 1.50 bits per heavy atom. The van der Waals surface area contributed by atoms with Crippen LogP contribution in [0.5, 0.6) is 0 Å². The Bertz CT molecular complexity index is 354. The van der Waals surface area contributed by atoms with Gasteiger partial charge in [-0.2, -0.15) is 0 Å². The molecular weight excluding hydrogens is 214 g/mol. The third-order valence-corrected chi connectivity index (χ3v) is 2.59. The summed E-state index contributed by atoms with van der Waals surface area (Å²) in [6.07, 6.45) is 4.22. The van der Waals surface area contributed by atoms with Crippen LogP contribution < -0.4 is 5.32 Å². The van der Waals surface area contributed by atoms with Gasteiger partial charge >= 0.3 is 0 Å². The van der Waals surface area contributed by atoms with Gasteiger partial charge < -0.3 is 10.1 Å². The first-order valence-corrected chi connectivity index (χ1v) is 5.42. The summed E-state index contributed by atoms with van der Waals surface area (Å²) < 4.78 is 31.1. The maximum Gasteiger partial charge on any atom is 0.168 e. The predicted octanol–water partition coefficient (Wildman–Crippen LogP) is 2.34. The zero-order chi connectivity index (χ0) is 11.4. The van der Waals surface area contributed by atoms with Crippen LogP contribution in [0, 0.1) is 11.6 Å². The maximum absolute atomic E-state index is 13.2. The van der Waals surface area contributed by atoms with Gasteiger partial charge in [0.2, 0.25) is 0 Å². The second-order valence-corrected chi connectivity index (χ2v) is 3.83. The van der Waals surface area contributed by atoms with Gasteiger partial charge in [-0.3, -0.25) is 0 Å². The third kappa shape index (κ3) is 2.88. The average molecular weight is 228 g/mol. The predicted molar refractivity (Wildman–Crippen MR) is 56.2 cm³/mol. The van der Waals surface area contributed by atoms with E-state index in [4.69, 9.17) is 4.74 Å². The summed E-state index contributed by atoms with van der Waals surface area (Å²) in [5.41, 5.74) is 0. The first-order chi connectivity index (χ1) is 7.75. The standard InChI is InChI=1S/C11H14F2N2O/c12-8-6-10(13)11(15-7-8)14-4-3-9-2-1-5-16-9/h6-7,9H,1-5H2,(H,14,15). The Kier molecular flexibility index (Phi) is 3.66. The molecule has 0 spiro atoms. The summed E-state index contributed by atoms with van der Waals surface area (Å²) in [5.74, 6) is -1.23. The highest BCUT2D eigenvalue weighted by Crippen LogP contribution is 2.16. The molecule has 2 rings (SSSR count). The fourth-order valence-electron chi connectivity index (χ4n) is 1.77. The van der Waals surface area contributed by atoms with Crippen LogP contribution in [0.25, 0.3) is 0 Å². The summed E-state index contributed by atoms with van der Waals surface area (Å²) in [6.45, 7) is 1.40. The number of nitrogens with one attached hydrogen (secondary N) is 1. The van der Waals surface area contributed by atoms with Crippen LogP contribution in [0.3, 0.4) is 0 Å². The number of hydrogen-bond acceptors (Lipinski definition) is 3. The molecule has 2 heterocycles. The van der Waals surface area contributed by atoms with Gasteiger partial charge in [0.1, 0.15) is 5.82 Å². The molecule has 1 saturated heterocycles. The number of nitrogens with zero attached hydrogens (tertiary/aromatic N) is 1. The average Bonchev–Trinajstić information content (AvgIpc) is 2.74. The van der Waals surface area contributed by atoms with Crippen LogP contribution in [0.2, 0.25) is 0 Å². The van der Waals surface area contributed by atoms with Crippen LogP contribution >= 0.6 is 0 Å². The summed E-state index contributed by atoms with van der Waals surface area (Å²) >= 11 is 0. The molecule has 1 aromatic heterocycles. The van der Waals surface area contributed by atoms with Crippen molar-refractivity contribution in [2.45, 2.75) is 25.4 Å². The van der Waals surface area contributed by atoms with E-state index in [0.29, 0.717) is 6.54 Å². The van der Waals surface area contributed by atoms with Gasteiger partial charge in [0.15, 0.2) is 11.6 Å². The largest absolute Gasteiger partial charge is 0.378 e. The Balaban J connectivity index is 1.80. The molecule has 1 atom stereocenters. The van der Waals surface area contributed by atoms with Crippen LogP contribution in [-0.4, -0.2) is 24.2 Å². The summed E-state index contributed by atoms with van der Waals surface area (Å²) in [4.78, 5) is 3.64. The fourth-order valence-corrected chi connectivity index (χ4v) is 1.77. The van der Waals surface area contributed by atoms with Crippen molar-refractivity contribution in [3.05, 3.63) is 23.9 Å². The Morgan fingerprint density at radius 3 is 3.06 bits per heavy atom. The lowest BCUT2D eigenvalue weighted by atomic mass is 10.2. The maximum atomic E-state index is 13.2. The van der Waals surface area contributed by atoms with E-state index in [0.717, 1.165) is 38.1 Å². The van der Waals surface area contributed by atoms with Gasteiger partial charge in [0.05, 0.1) is 12.3 Å². The minimum Gasteiger partial charge on any atom is -0.378 e. The van der Waals surface area contributed by atoms with Gasteiger partial charge in [0, 0.05) is 19.2 Å². The number of halogens is 2. The lowest BCUT2D eigenvalue weighted by molar-refractivity contribution is 0.107. The second-order valence-electron chi connectivity index (χ2n) is 3.83. The molecule has 3 nitrogen and oxygen atoms in total. The monoisotopic (exact) mass is 228 g/mol. The van der Waals surface area contributed by atoms with Crippen LogP contribution in [-0.2, 0) is 4.74 Å². The van der Waals surface area contributed by atoms with E-state index < -0.39 is 11.6 Å². The van der Waals surface area contributed by atoms with Gasteiger partial charge in [0.25, 0.3) is 0 Å². The molecule has 0 aromatic carbocycles. The highest BCUT2D eigenvalue weighted by Gasteiger charge is 2.15. The molecule has 0 radical (unpaired) electrons. The molecule has 5 heteroatoms. The molecular formula is C11H14F2N2O. The third-order valence-electron chi connectivity index (χ3n) is 2.59. The molecule has 1 aliphatic heterocycles. The highest BCUT2D eigenvalue weighted by molar-refractivity contribution is 5.35. The molecule has 1 unspecified atom stereocenters. The molecule has 0 bridgehead atoms. The SMILES string of the molecule is Fc1cnc(NCCC2CCCO2)c(F)c1. The van der Waals surface area contributed by atoms with Gasteiger partial charge in [-0.25, -0.2) is 13.8 Å². The Labute approximate surface area is 92.8 Å². The van der Waals surface area contributed by atoms with Crippen molar-refractivity contribution in [1.29, 1.82) is 0 Å². The van der Waals surface area contributed by atoms with Crippen LogP contribution in [0.1, 0.15) is 19.3 Å². The minimum atomic E-state index is -0.665. The molecule has 1 aliphatic rings. The van der Waals surface area contributed by atoms with Crippen molar-refractivity contribution in [3.8, 4) is 0 Å². The topological polar surface area (TPSA) is 34.2 Å². The first-order valence-electron chi connectivity index (χ1n) is 5.42. The Morgan fingerprint density at radius 2 is 2.38 bits per heavy atom. The number of pyridine rings is 1. The van der Waals surface area contributed by atoms with E-state index >= 15 is 0 Å². The zero-order valence-corrected chi connectivity index (χ0v) is 8.88. The van der Waals surface area contributed by atoms with E-state index in [1.54, 1.807) is 0 Å². The van der Waals surface area contributed by atoms with E-state index in [1.165, 1.54) is 0 Å². The molecule has 0 aliphatic carbocycles. The summed E-state index contributed by atoms with van der Waals surface area (Å²) in [6, 6.07) is 0.821. The molecule has 0 saturated carbocycles. The number of anilines is 1. The van der Waals surface area contributed by atoms with E-state index in [1.807, 2.05) is 0 Å². The van der Waals surface area contributed by atoms with Gasteiger partial charge in [-0.15, -0.1) is 0 Å². The first kappa shape index (κ1) is 11.3. The number of aromatic nitrogens is 1. The quantitative estimate of drug-likeness (QED) is 0.858. The lowest BCUT2D eigenvalue weighted by Crippen LogP contribution is -2.13. The zero-order valence-electron chi connectivity index (χ0n) is 8.88. The van der Waals surface area contributed by atoms with E-state index in [2.05, 4.69) is 10.3 Å². The number of ether oxygens (including phenoxy) is 1. The normalized spacial score (nSPS) is 20.0. The second kappa shape index (κ2) is 5.21. The lowest BCUT2D eigenvalue weighted by Gasteiger charge is -2.10. The van der Waals surface area contributed by atoms with Crippen molar-refractivity contribution >= 4 is 5.82 Å². The highest BCUT2D eigenvalue weighted by atomic mass is 19.1. The molecule has 1 N–H and O–H groups in total. The van der Waals surface area contributed by atoms with Crippen LogP contribution in [0.4, 0.5) is 14.6 Å². The Hall–Kier alpha value is -1.23. The molecule has 1 aromatic rings. The van der Waals surface area contributed by atoms with Crippen molar-refractivity contribution in [2.75, 3.05) is 18.5 Å². The minimum absolute atomic E-state index is 0.0967. The van der Waals surface area contributed by atoms with Crippen molar-refractivity contribution in [2.24, 2.45) is 0 Å². The van der Waals surface area contributed by atoms with Gasteiger partial charge in [-0.1, -0.05) is 0 Å². The molecule has 16 heavy (non-hydrogen) atoms. The molecule has 0 amide bonds. The smallest absolute Gasteiger partial charge is 0.168 e. The van der Waals surface area contributed by atoms with E-state index in [-0.39, 0.29) is 11.9 Å². The van der Waals surface area contributed by atoms with Crippen molar-refractivity contribution in [1.82, 2.24) is 4.98 Å². The fraction of sp³-hybridized carbons (Fsp3) is 0.545. The van der Waals surface area contributed by atoms with Crippen molar-refractivity contribution < 1.29 is 13.5 Å². The van der Waals surface area contributed by atoms with Crippen LogP contribution in [0.15, 0.2) is 12.3 Å². The van der Waals surface area contributed by atoms with Gasteiger partial charge in [-0.05, 0) is 19.3 Å².